The zero-order valence-corrected chi connectivity index (χ0v) is 10.4. The lowest BCUT2D eigenvalue weighted by molar-refractivity contribution is 0.402. The van der Waals surface area contributed by atoms with Gasteiger partial charge in [-0.1, -0.05) is 6.08 Å². The highest BCUT2D eigenvalue weighted by molar-refractivity contribution is 14.1. The van der Waals surface area contributed by atoms with Crippen LogP contribution in [0, 0.1) is 3.70 Å². The number of rotatable bonds is 3. The van der Waals surface area contributed by atoms with Gasteiger partial charge < -0.3 is 9.30 Å². The summed E-state index contributed by atoms with van der Waals surface area (Å²) in [5, 5.41) is 0.936. The summed E-state index contributed by atoms with van der Waals surface area (Å²) in [4.78, 5) is 8.31. The van der Waals surface area contributed by atoms with Gasteiger partial charge in [0.25, 0.3) is 0 Å². The second-order valence-electron chi connectivity index (χ2n) is 2.99. The monoisotopic (exact) mass is 315 g/mol. The SMILES string of the molecule is C=CCn1c(I)cc2c(OC)ncnc21. The normalized spacial score (nSPS) is 10.5. The van der Waals surface area contributed by atoms with Gasteiger partial charge in [-0.25, -0.2) is 9.97 Å². The molecule has 5 heteroatoms. The van der Waals surface area contributed by atoms with Gasteiger partial charge in [0.15, 0.2) is 0 Å². The van der Waals surface area contributed by atoms with Gasteiger partial charge in [-0.15, -0.1) is 6.58 Å². The molecule has 0 unspecified atom stereocenters. The van der Waals surface area contributed by atoms with Crippen molar-refractivity contribution in [2.24, 2.45) is 0 Å². The minimum absolute atomic E-state index is 0.612. The van der Waals surface area contributed by atoms with E-state index in [0.717, 1.165) is 21.3 Å². The molecule has 0 aliphatic heterocycles. The van der Waals surface area contributed by atoms with Crippen molar-refractivity contribution in [1.29, 1.82) is 0 Å². The molecule has 2 heterocycles. The molecular formula is C10H10IN3O. The molecule has 0 amide bonds. The van der Waals surface area contributed by atoms with Crippen LogP contribution in [0.4, 0.5) is 0 Å². The highest BCUT2D eigenvalue weighted by Gasteiger charge is 2.11. The third kappa shape index (κ3) is 1.71. The molecule has 0 bridgehead atoms. The summed E-state index contributed by atoms with van der Waals surface area (Å²) in [5.74, 6) is 0.612. The maximum absolute atomic E-state index is 5.18. The summed E-state index contributed by atoms with van der Waals surface area (Å²) in [6.45, 7) is 4.47. The fraction of sp³-hybridized carbons (Fsp3) is 0.200. The van der Waals surface area contributed by atoms with Gasteiger partial charge in [-0.2, -0.15) is 0 Å². The number of hydrogen-bond donors (Lipinski definition) is 0. The molecule has 2 rings (SSSR count). The zero-order chi connectivity index (χ0) is 10.8. The van der Waals surface area contributed by atoms with Gasteiger partial charge in [-0.3, -0.25) is 0 Å². The summed E-state index contributed by atoms with van der Waals surface area (Å²) in [7, 11) is 1.61. The lowest BCUT2D eigenvalue weighted by Crippen LogP contribution is -1.99. The highest BCUT2D eigenvalue weighted by Crippen LogP contribution is 2.25. The molecule has 0 atom stereocenters. The van der Waals surface area contributed by atoms with E-state index in [1.165, 1.54) is 6.33 Å². The van der Waals surface area contributed by atoms with E-state index in [0.29, 0.717) is 5.88 Å². The molecule has 0 spiro atoms. The van der Waals surface area contributed by atoms with Crippen LogP contribution < -0.4 is 4.74 Å². The predicted molar refractivity (Wildman–Crippen MR) is 67.0 cm³/mol. The van der Waals surface area contributed by atoms with Crippen LogP contribution in [0.3, 0.4) is 0 Å². The fourth-order valence-electron chi connectivity index (χ4n) is 1.48. The molecule has 0 saturated heterocycles. The molecule has 0 aromatic carbocycles. The molecule has 78 valence electrons. The number of halogens is 1. The van der Waals surface area contributed by atoms with E-state index in [-0.39, 0.29) is 0 Å². The molecule has 0 fully saturated rings. The lowest BCUT2D eigenvalue weighted by atomic mass is 10.4. The molecule has 15 heavy (non-hydrogen) atoms. The Morgan fingerprint density at radius 1 is 1.60 bits per heavy atom. The van der Waals surface area contributed by atoms with E-state index < -0.39 is 0 Å². The number of aromatic nitrogens is 3. The average Bonchev–Trinajstić information content (AvgIpc) is 2.56. The minimum Gasteiger partial charge on any atom is -0.480 e. The number of nitrogens with zero attached hydrogens (tertiary/aromatic N) is 3. The van der Waals surface area contributed by atoms with Crippen LogP contribution >= 0.6 is 22.6 Å². The molecule has 0 aliphatic rings. The molecule has 0 aliphatic carbocycles. The molecule has 2 aromatic rings. The van der Waals surface area contributed by atoms with Crippen molar-refractivity contribution in [3.63, 3.8) is 0 Å². The first-order chi connectivity index (χ1) is 7.27. The van der Waals surface area contributed by atoms with Crippen LogP contribution in [0.25, 0.3) is 11.0 Å². The predicted octanol–water partition coefficient (Wildman–Crippen LogP) is 2.23. The quantitative estimate of drug-likeness (QED) is 0.644. The average molecular weight is 315 g/mol. The third-order valence-electron chi connectivity index (χ3n) is 2.11. The minimum atomic E-state index is 0.612. The zero-order valence-electron chi connectivity index (χ0n) is 8.27. The van der Waals surface area contributed by atoms with E-state index in [4.69, 9.17) is 4.74 Å². The van der Waals surface area contributed by atoms with Crippen LogP contribution in [0.1, 0.15) is 0 Å². The number of methoxy groups -OCH3 is 1. The number of fused-ring (bicyclic) bond motifs is 1. The van der Waals surface area contributed by atoms with E-state index in [2.05, 4.69) is 43.7 Å². The lowest BCUT2D eigenvalue weighted by Gasteiger charge is -2.02. The van der Waals surface area contributed by atoms with Crippen LogP contribution in [0.5, 0.6) is 5.88 Å². The number of allylic oxidation sites excluding steroid dienone is 1. The Morgan fingerprint density at radius 2 is 2.40 bits per heavy atom. The Labute approximate surface area is 101 Å². The summed E-state index contributed by atoms with van der Waals surface area (Å²) in [5.41, 5.74) is 0.881. The van der Waals surface area contributed by atoms with Crippen LogP contribution in [0.15, 0.2) is 25.0 Å². The standard InChI is InChI=1S/C10H10IN3O/c1-3-4-14-8(11)5-7-9(14)12-6-13-10(7)15-2/h3,5-6H,1,4H2,2H3. The number of ether oxygens (including phenoxy) is 1. The van der Waals surface area contributed by atoms with Crippen LogP contribution in [0.2, 0.25) is 0 Å². The Hall–Kier alpha value is -1.11. The smallest absolute Gasteiger partial charge is 0.225 e. The Balaban J connectivity index is 2.72. The van der Waals surface area contributed by atoms with Gasteiger partial charge in [0, 0.05) is 6.54 Å². The summed E-state index contributed by atoms with van der Waals surface area (Å²) >= 11 is 2.26. The molecule has 0 saturated carbocycles. The summed E-state index contributed by atoms with van der Waals surface area (Å²) < 4.78 is 8.34. The van der Waals surface area contributed by atoms with Gasteiger partial charge in [0.2, 0.25) is 5.88 Å². The summed E-state index contributed by atoms with van der Waals surface area (Å²) in [6.07, 6.45) is 3.35. The molecule has 0 radical (unpaired) electrons. The maximum Gasteiger partial charge on any atom is 0.225 e. The maximum atomic E-state index is 5.18. The Bertz CT molecular complexity index is 507. The molecule has 4 nitrogen and oxygen atoms in total. The van der Waals surface area contributed by atoms with Crippen molar-refractivity contribution >= 4 is 33.6 Å². The van der Waals surface area contributed by atoms with Crippen molar-refractivity contribution in [2.75, 3.05) is 7.11 Å². The van der Waals surface area contributed by atoms with E-state index >= 15 is 0 Å². The van der Waals surface area contributed by atoms with Gasteiger partial charge in [0.05, 0.1) is 16.2 Å². The molecule has 2 aromatic heterocycles. The van der Waals surface area contributed by atoms with Crippen LogP contribution in [-0.4, -0.2) is 21.6 Å². The Kier molecular flexibility index (Phi) is 2.90. The van der Waals surface area contributed by atoms with Crippen molar-refractivity contribution in [3.05, 3.63) is 28.7 Å². The molecular weight excluding hydrogens is 305 g/mol. The highest BCUT2D eigenvalue weighted by atomic mass is 127. The van der Waals surface area contributed by atoms with Gasteiger partial charge in [-0.05, 0) is 28.7 Å². The second-order valence-corrected chi connectivity index (χ2v) is 4.09. The van der Waals surface area contributed by atoms with Crippen LogP contribution in [-0.2, 0) is 6.54 Å². The first-order valence-electron chi connectivity index (χ1n) is 4.42. The first kappa shape index (κ1) is 10.4. The third-order valence-corrected chi connectivity index (χ3v) is 3.00. The first-order valence-corrected chi connectivity index (χ1v) is 5.50. The van der Waals surface area contributed by atoms with Crippen molar-refractivity contribution in [1.82, 2.24) is 14.5 Å². The summed E-state index contributed by atoms with van der Waals surface area (Å²) in [6, 6.07) is 2.01. The number of hydrogen-bond acceptors (Lipinski definition) is 3. The van der Waals surface area contributed by atoms with Crippen molar-refractivity contribution < 1.29 is 4.74 Å². The van der Waals surface area contributed by atoms with Crippen molar-refractivity contribution in [3.8, 4) is 5.88 Å². The van der Waals surface area contributed by atoms with E-state index in [9.17, 15) is 0 Å². The largest absolute Gasteiger partial charge is 0.480 e. The van der Waals surface area contributed by atoms with Crippen molar-refractivity contribution in [2.45, 2.75) is 6.54 Å². The van der Waals surface area contributed by atoms with Gasteiger partial charge in [0.1, 0.15) is 12.0 Å². The van der Waals surface area contributed by atoms with E-state index in [1.807, 2.05) is 12.1 Å². The fourth-order valence-corrected chi connectivity index (χ4v) is 2.21. The second kappa shape index (κ2) is 4.18. The topological polar surface area (TPSA) is 39.9 Å². The molecule has 0 N–H and O–H groups in total. The Morgan fingerprint density at radius 3 is 3.07 bits per heavy atom. The van der Waals surface area contributed by atoms with Gasteiger partial charge >= 0.3 is 0 Å². The van der Waals surface area contributed by atoms with E-state index in [1.54, 1.807) is 7.11 Å².